The van der Waals surface area contributed by atoms with Gasteiger partial charge in [0, 0.05) is 4.47 Å². The third kappa shape index (κ3) is 1.86. The van der Waals surface area contributed by atoms with E-state index in [1.54, 1.807) is 6.92 Å². The Hall–Kier alpha value is -1.04. The topological polar surface area (TPSA) is 28.7 Å². The monoisotopic (exact) mass is 278 g/mol. The number of aromatic amines is 1. The summed E-state index contributed by atoms with van der Waals surface area (Å²) in [5.41, 5.74) is 0.217. The standard InChI is InChI=1S/C9H6BrF3N2/c1-4-14-7-2-5(9(11,12)13)6(10)3-8(7)15-4/h2-3H,1H3,(H,14,15). The first kappa shape index (κ1) is 10.5. The average Bonchev–Trinajstić information content (AvgIpc) is 2.40. The summed E-state index contributed by atoms with van der Waals surface area (Å²) in [5, 5.41) is 0. The zero-order valence-corrected chi connectivity index (χ0v) is 9.20. The lowest BCUT2D eigenvalue weighted by atomic mass is 10.2. The van der Waals surface area contributed by atoms with Crippen molar-refractivity contribution in [2.75, 3.05) is 0 Å². The van der Waals surface area contributed by atoms with Crippen LogP contribution in [0.3, 0.4) is 0 Å². The normalized spacial score (nSPS) is 12.3. The molecule has 0 radical (unpaired) electrons. The molecular formula is C9H6BrF3N2. The van der Waals surface area contributed by atoms with E-state index in [1.807, 2.05) is 0 Å². The summed E-state index contributed by atoms with van der Waals surface area (Å²) in [7, 11) is 0. The summed E-state index contributed by atoms with van der Waals surface area (Å²) in [6, 6.07) is 2.42. The van der Waals surface area contributed by atoms with Crippen molar-refractivity contribution in [3.63, 3.8) is 0 Å². The first-order chi connectivity index (χ1) is 6.88. The quantitative estimate of drug-likeness (QED) is 0.783. The summed E-state index contributed by atoms with van der Waals surface area (Å²) in [6.07, 6.45) is -4.36. The maximum Gasteiger partial charge on any atom is 0.417 e. The Balaban J connectivity index is 2.72. The number of nitrogens with zero attached hydrogens (tertiary/aromatic N) is 1. The SMILES string of the molecule is Cc1nc2cc(Br)c(C(F)(F)F)cc2[nH]1. The first-order valence-corrected chi connectivity index (χ1v) is 4.90. The van der Waals surface area contributed by atoms with Crippen molar-refractivity contribution in [1.29, 1.82) is 0 Å². The van der Waals surface area contributed by atoms with Crippen LogP contribution in [0.4, 0.5) is 13.2 Å². The number of nitrogens with one attached hydrogen (secondary N) is 1. The predicted octanol–water partition coefficient (Wildman–Crippen LogP) is 3.65. The van der Waals surface area contributed by atoms with Crippen LogP contribution < -0.4 is 0 Å². The lowest BCUT2D eigenvalue weighted by Gasteiger charge is -2.08. The fourth-order valence-corrected chi connectivity index (χ4v) is 1.93. The van der Waals surface area contributed by atoms with E-state index in [0.717, 1.165) is 6.07 Å². The maximum absolute atomic E-state index is 12.5. The molecule has 0 aliphatic heterocycles. The second-order valence-corrected chi connectivity index (χ2v) is 4.02. The van der Waals surface area contributed by atoms with E-state index in [9.17, 15) is 13.2 Å². The summed E-state index contributed by atoms with van der Waals surface area (Å²) in [5.74, 6) is 0.594. The number of rotatable bonds is 0. The molecule has 1 aromatic carbocycles. The minimum Gasteiger partial charge on any atom is -0.342 e. The predicted molar refractivity (Wildman–Crippen MR) is 53.5 cm³/mol. The highest BCUT2D eigenvalue weighted by molar-refractivity contribution is 9.10. The van der Waals surface area contributed by atoms with Crippen molar-refractivity contribution in [2.45, 2.75) is 13.1 Å². The number of aromatic nitrogens is 2. The molecule has 0 bridgehead atoms. The molecule has 0 spiro atoms. The summed E-state index contributed by atoms with van der Waals surface area (Å²) in [4.78, 5) is 6.81. The van der Waals surface area contributed by atoms with Crippen LogP contribution in [-0.2, 0) is 6.18 Å². The Kier molecular flexibility index (Phi) is 2.26. The molecule has 0 aliphatic carbocycles. The van der Waals surface area contributed by atoms with Gasteiger partial charge in [-0.2, -0.15) is 13.2 Å². The molecule has 0 atom stereocenters. The van der Waals surface area contributed by atoms with Crippen molar-refractivity contribution in [3.8, 4) is 0 Å². The van der Waals surface area contributed by atoms with Crippen LogP contribution >= 0.6 is 15.9 Å². The van der Waals surface area contributed by atoms with E-state index >= 15 is 0 Å². The summed E-state index contributed by atoms with van der Waals surface area (Å²) < 4.78 is 37.6. The molecule has 15 heavy (non-hydrogen) atoms. The van der Waals surface area contributed by atoms with Crippen LogP contribution in [0.2, 0.25) is 0 Å². The Morgan fingerprint density at radius 1 is 1.33 bits per heavy atom. The molecule has 80 valence electrons. The molecule has 2 nitrogen and oxygen atoms in total. The van der Waals surface area contributed by atoms with Gasteiger partial charge in [0.25, 0.3) is 0 Å². The number of hydrogen-bond donors (Lipinski definition) is 1. The third-order valence-corrected chi connectivity index (χ3v) is 2.65. The second kappa shape index (κ2) is 3.23. The van der Waals surface area contributed by atoms with Crippen LogP contribution in [-0.4, -0.2) is 9.97 Å². The van der Waals surface area contributed by atoms with Crippen LogP contribution in [0.15, 0.2) is 16.6 Å². The lowest BCUT2D eigenvalue weighted by molar-refractivity contribution is -0.138. The molecule has 0 saturated carbocycles. The van der Waals surface area contributed by atoms with Gasteiger partial charge in [0.1, 0.15) is 5.82 Å². The number of hydrogen-bond acceptors (Lipinski definition) is 1. The molecule has 0 saturated heterocycles. The van der Waals surface area contributed by atoms with Gasteiger partial charge in [-0.25, -0.2) is 4.98 Å². The van der Waals surface area contributed by atoms with Crippen molar-refractivity contribution in [2.24, 2.45) is 0 Å². The van der Waals surface area contributed by atoms with Crippen molar-refractivity contribution in [1.82, 2.24) is 9.97 Å². The Morgan fingerprint density at radius 3 is 2.60 bits per heavy atom. The molecule has 1 aromatic heterocycles. The van der Waals surface area contributed by atoms with Crippen molar-refractivity contribution < 1.29 is 13.2 Å². The minimum atomic E-state index is -4.36. The minimum absolute atomic E-state index is 0.00833. The number of imidazole rings is 1. The van der Waals surface area contributed by atoms with E-state index in [-0.39, 0.29) is 4.47 Å². The van der Waals surface area contributed by atoms with E-state index in [1.165, 1.54) is 6.07 Å². The van der Waals surface area contributed by atoms with E-state index in [4.69, 9.17) is 0 Å². The first-order valence-electron chi connectivity index (χ1n) is 4.11. The van der Waals surface area contributed by atoms with Gasteiger partial charge in [0.15, 0.2) is 0 Å². The Morgan fingerprint density at radius 2 is 2.00 bits per heavy atom. The lowest BCUT2D eigenvalue weighted by Crippen LogP contribution is -2.05. The van der Waals surface area contributed by atoms with Gasteiger partial charge >= 0.3 is 6.18 Å². The third-order valence-electron chi connectivity index (χ3n) is 1.99. The Bertz CT molecular complexity index is 516. The molecule has 6 heteroatoms. The Labute approximate surface area is 91.6 Å². The largest absolute Gasteiger partial charge is 0.417 e. The van der Waals surface area contributed by atoms with Gasteiger partial charge in [0.2, 0.25) is 0 Å². The number of aryl methyl sites for hydroxylation is 1. The molecular weight excluding hydrogens is 273 g/mol. The number of fused-ring (bicyclic) bond motifs is 1. The molecule has 0 amide bonds. The molecule has 1 N–H and O–H groups in total. The van der Waals surface area contributed by atoms with Crippen molar-refractivity contribution >= 4 is 27.0 Å². The number of alkyl halides is 3. The van der Waals surface area contributed by atoms with E-state index < -0.39 is 11.7 Å². The fourth-order valence-electron chi connectivity index (χ4n) is 1.38. The van der Waals surface area contributed by atoms with Crippen LogP contribution in [0, 0.1) is 6.92 Å². The number of H-pyrrole nitrogens is 1. The van der Waals surface area contributed by atoms with Gasteiger partial charge < -0.3 is 4.98 Å². The molecule has 2 rings (SSSR count). The van der Waals surface area contributed by atoms with Gasteiger partial charge in [-0.1, -0.05) is 15.9 Å². The van der Waals surface area contributed by atoms with Crippen LogP contribution in [0.25, 0.3) is 11.0 Å². The summed E-state index contributed by atoms with van der Waals surface area (Å²) >= 11 is 2.89. The zero-order chi connectivity index (χ0) is 11.2. The smallest absolute Gasteiger partial charge is 0.342 e. The summed E-state index contributed by atoms with van der Waals surface area (Å²) in [6.45, 7) is 1.70. The number of halogens is 4. The molecule has 0 unspecified atom stereocenters. The molecule has 2 aromatic rings. The van der Waals surface area contributed by atoms with Gasteiger partial charge in [-0.05, 0) is 19.1 Å². The molecule has 0 fully saturated rings. The second-order valence-electron chi connectivity index (χ2n) is 3.17. The van der Waals surface area contributed by atoms with Crippen molar-refractivity contribution in [3.05, 3.63) is 28.0 Å². The van der Waals surface area contributed by atoms with E-state index in [0.29, 0.717) is 16.9 Å². The highest BCUT2D eigenvalue weighted by Gasteiger charge is 2.33. The van der Waals surface area contributed by atoms with E-state index in [2.05, 4.69) is 25.9 Å². The zero-order valence-electron chi connectivity index (χ0n) is 7.61. The van der Waals surface area contributed by atoms with Gasteiger partial charge in [-0.15, -0.1) is 0 Å². The number of benzene rings is 1. The highest BCUT2D eigenvalue weighted by Crippen LogP contribution is 2.36. The van der Waals surface area contributed by atoms with Crippen LogP contribution in [0.5, 0.6) is 0 Å². The van der Waals surface area contributed by atoms with Crippen LogP contribution in [0.1, 0.15) is 11.4 Å². The van der Waals surface area contributed by atoms with Gasteiger partial charge in [0.05, 0.1) is 16.6 Å². The highest BCUT2D eigenvalue weighted by atomic mass is 79.9. The average molecular weight is 279 g/mol. The van der Waals surface area contributed by atoms with Gasteiger partial charge in [-0.3, -0.25) is 0 Å². The molecule has 1 heterocycles. The molecule has 0 aliphatic rings. The fraction of sp³-hybridized carbons (Fsp3) is 0.222. The maximum atomic E-state index is 12.5.